The lowest BCUT2D eigenvalue weighted by Crippen LogP contribution is -2.29. The molecule has 0 bridgehead atoms. The van der Waals surface area contributed by atoms with Gasteiger partial charge in [-0.1, -0.05) is 27.0 Å². The van der Waals surface area contributed by atoms with Gasteiger partial charge in [0.05, 0.1) is 6.67 Å². The molecule has 0 amide bonds. The van der Waals surface area contributed by atoms with Gasteiger partial charge in [-0.25, -0.2) is 0 Å². The standard InChI is InChI=1S/C11H23N3/c1-5-10(3)13-8-7-11(4)14-9-12-6-2/h12-14H,3-9H2,1-2H3. The summed E-state index contributed by atoms with van der Waals surface area (Å²) in [4.78, 5) is 0. The molecule has 0 aromatic rings. The van der Waals surface area contributed by atoms with Crippen LogP contribution in [-0.4, -0.2) is 19.8 Å². The zero-order valence-corrected chi connectivity index (χ0v) is 9.45. The zero-order chi connectivity index (χ0) is 10.8. The Balaban J connectivity index is 3.31. The Hall–Kier alpha value is -0.960. The van der Waals surface area contributed by atoms with Gasteiger partial charge in [-0.3, -0.25) is 0 Å². The summed E-state index contributed by atoms with van der Waals surface area (Å²) in [5.74, 6) is 0. The van der Waals surface area contributed by atoms with E-state index in [-0.39, 0.29) is 0 Å². The number of nitrogens with one attached hydrogen (secondary N) is 3. The molecular formula is C11H23N3. The summed E-state index contributed by atoms with van der Waals surface area (Å²) in [5, 5.41) is 9.62. The molecule has 14 heavy (non-hydrogen) atoms. The minimum atomic E-state index is 0.796. The summed E-state index contributed by atoms with van der Waals surface area (Å²) in [6.45, 7) is 14.7. The third kappa shape index (κ3) is 7.68. The van der Waals surface area contributed by atoms with E-state index in [2.05, 4.69) is 43.0 Å². The first kappa shape index (κ1) is 13.0. The highest BCUT2D eigenvalue weighted by atomic mass is 15.1. The molecule has 0 fully saturated rings. The fraction of sp³-hybridized carbons (Fsp3) is 0.636. The largest absolute Gasteiger partial charge is 0.388 e. The van der Waals surface area contributed by atoms with Gasteiger partial charge in [0.25, 0.3) is 0 Å². The molecule has 3 heteroatoms. The predicted molar refractivity (Wildman–Crippen MR) is 62.9 cm³/mol. The molecule has 0 saturated heterocycles. The molecule has 0 aromatic heterocycles. The van der Waals surface area contributed by atoms with Crippen LogP contribution in [0.3, 0.4) is 0 Å². The zero-order valence-electron chi connectivity index (χ0n) is 9.45. The van der Waals surface area contributed by atoms with Crippen molar-refractivity contribution in [3.63, 3.8) is 0 Å². The maximum absolute atomic E-state index is 3.93. The number of allylic oxidation sites excluding steroid dienone is 1. The van der Waals surface area contributed by atoms with Crippen molar-refractivity contribution in [1.82, 2.24) is 16.0 Å². The summed E-state index contributed by atoms with van der Waals surface area (Å²) in [6.07, 6.45) is 1.92. The van der Waals surface area contributed by atoms with Crippen LogP contribution in [0.2, 0.25) is 0 Å². The van der Waals surface area contributed by atoms with Gasteiger partial charge in [-0.15, -0.1) is 0 Å². The van der Waals surface area contributed by atoms with Crippen molar-refractivity contribution in [3.8, 4) is 0 Å². The van der Waals surface area contributed by atoms with Gasteiger partial charge in [-0.05, 0) is 13.0 Å². The predicted octanol–water partition coefficient (Wildman–Crippen LogP) is 1.56. The Bertz CT molecular complexity index is 175. The fourth-order valence-electron chi connectivity index (χ4n) is 0.916. The molecular weight excluding hydrogens is 174 g/mol. The van der Waals surface area contributed by atoms with Gasteiger partial charge >= 0.3 is 0 Å². The van der Waals surface area contributed by atoms with Crippen LogP contribution in [0.5, 0.6) is 0 Å². The van der Waals surface area contributed by atoms with E-state index >= 15 is 0 Å². The minimum Gasteiger partial charge on any atom is -0.388 e. The second kappa shape index (κ2) is 8.63. The van der Waals surface area contributed by atoms with E-state index in [1.54, 1.807) is 0 Å². The lowest BCUT2D eigenvalue weighted by molar-refractivity contribution is 0.629. The Labute approximate surface area is 87.7 Å². The molecule has 0 atom stereocenters. The molecule has 0 aliphatic heterocycles. The van der Waals surface area contributed by atoms with Crippen molar-refractivity contribution >= 4 is 0 Å². The molecule has 0 aromatic carbocycles. The monoisotopic (exact) mass is 197 g/mol. The van der Waals surface area contributed by atoms with Gasteiger partial charge in [0.15, 0.2) is 0 Å². The van der Waals surface area contributed by atoms with Crippen LogP contribution in [0, 0.1) is 0 Å². The van der Waals surface area contributed by atoms with Gasteiger partial charge in [0.1, 0.15) is 0 Å². The van der Waals surface area contributed by atoms with Crippen molar-refractivity contribution in [1.29, 1.82) is 0 Å². The van der Waals surface area contributed by atoms with E-state index in [1.165, 1.54) is 0 Å². The van der Waals surface area contributed by atoms with Crippen LogP contribution in [0.25, 0.3) is 0 Å². The molecule has 3 N–H and O–H groups in total. The molecule has 0 radical (unpaired) electrons. The summed E-state index contributed by atoms with van der Waals surface area (Å²) >= 11 is 0. The normalized spacial score (nSPS) is 9.57. The SMILES string of the molecule is C=C(CC)NCCC(=C)NCNCC. The molecule has 0 heterocycles. The Morgan fingerprint density at radius 3 is 2.36 bits per heavy atom. The molecule has 0 saturated carbocycles. The number of hydrogen-bond acceptors (Lipinski definition) is 3. The van der Waals surface area contributed by atoms with Crippen LogP contribution >= 0.6 is 0 Å². The summed E-state index contributed by atoms with van der Waals surface area (Å²) < 4.78 is 0. The number of rotatable bonds is 9. The molecule has 3 nitrogen and oxygen atoms in total. The van der Waals surface area contributed by atoms with Crippen LogP contribution in [0.4, 0.5) is 0 Å². The third-order valence-corrected chi connectivity index (χ3v) is 1.94. The Morgan fingerprint density at radius 1 is 1.07 bits per heavy atom. The topological polar surface area (TPSA) is 36.1 Å². The average molecular weight is 197 g/mol. The van der Waals surface area contributed by atoms with E-state index in [4.69, 9.17) is 0 Å². The van der Waals surface area contributed by atoms with Crippen LogP contribution in [0.1, 0.15) is 26.7 Å². The summed E-state index contributed by atoms with van der Waals surface area (Å²) in [6, 6.07) is 0. The van der Waals surface area contributed by atoms with Crippen molar-refractivity contribution in [2.24, 2.45) is 0 Å². The minimum absolute atomic E-state index is 0.796. The van der Waals surface area contributed by atoms with E-state index in [0.29, 0.717) is 0 Å². The van der Waals surface area contributed by atoms with E-state index in [0.717, 1.165) is 44.0 Å². The molecule has 0 rings (SSSR count). The molecule has 0 unspecified atom stereocenters. The highest BCUT2D eigenvalue weighted by molar-refractivity contribution is 4.95. The first-order valence-corrected chi connectivity index (χ1v) is 5.24. The lowest BCUT2D eigenvalue weighted by atomic mass is 10.3. The maximum Gasteiger partial charge on any atom is 0.0650 e. The Morgan fingerprint density at radius 2 is 1.79 bits per heavy atom. The third-order valence-electron chi connectivity index (χ3n) is 1.94. The van der Waals surface area contributed by atoms with Crippen LogP contribution in [-0.2, 0) is 0 Å². The van der Waals surface area contributed by atoms with Crippen LogP contribution < -0.4 is 16.0 Å². The molecule has 0 aliphatic carbocycles. The average Bonchev–Trinajstić information content (AvgIpc) is 2.18. The highest BCUT2D eigenvalue weighted by Gasteiger charge is 1.93. The van der Waals surface area contributed by atoms with E-state index < -0.39 is 0 Å². The van der Waals surface area contributed by atoms with E-state index in [9.17, 15) is 0 Å². The maximum atomic E-state index is 3.93. The van der Waals surface area contributed by atoms with Crippen molar-refractivity contribution < 1.29 is 0 Å². The molecule has 82 valence electrons. The lowest BCUT2D eigenvalue weighted by Gasteiger charge is -2.11. The molecule has 0 spiro atoms. The number of hydrogen-bond donors (Lipinski definition) is 3. The highest BCUT2D eigenvalue weighted by Crippen LogP contribution is 1.94. The first-order valence-electron chi connectivity index (χ1n) is 5.24. The second-order valence-corrected chi connectivity index (χ2v) is 3.19. The van der Waals surface area contributed by atoms with Gasteiger partial charge in [0.2, 0.25) is 0 Å². The Kier molecular flexibility index (Phi) is 8.04. The van der Waals surface area contributed by atoms with Crippen molar-refractivity contribution in [3.05, 3.63) is 24.6 Å². The smallest absolute Gasteiger partial charge is 0.0650 e. The quantitative estimate of drug-likeness (QED) is 0.388. The fourth-order valence-corrected chi connectivity index (χ4v) is 0.916. The van der Waals surface area contributed by atoms with Crippen molar-refractivity contribution in [2.75, 3.05) is 19.8 Å². The van der Waals surface area contributed by atoms with Gasteiger partial charge in [0, 0.05) is 24.4 Å². The summed E-state index contributed by atoms with van der Waals surface area (Å²) in [5.41, 5.74) is 2.15. The second-order valence-electron chi connectivity index (χ2n) is 3.19. The van der Waals surface area contributed by atoms with E-state index in [1.807, 2.05) is 0 Å². The van der Waals surface area contributed by atoms with Gasteiger partial charge in [-0.2, -0.15) is 0 Å². The first-order chi connectivity index (χ1) is 6.70. The summed E-state index contributed by atoms with van der Waals surface area (Å²) in [7, 11) is 0. The van der Waals surface area contributed by atoms with Gasteiger partial charge < -0.3 is 16.0 Å². The van der Waals surface area contributed by atoms with Crippen molar-refractivity contribution in [2.45, 2.75) is 26.7 Å². The molecule has 0 aliphatic rings. The van der Waals surface area contributed by atoms with Crippen LogP contribution in [0.15, 0.2) is 24.6 Å².